The van der Waals surface area contributed by atoms with Crippen LogP contribution in [0.5, 0.6) is 0 Å². The van der Waals surface area contributed by atoms with Crippen LogP contribution in [0.3, 0.4) is 0 Å². The highest BCUT2D eigenvalue weighted by molar-refractivity contribution is 5.95. The van der Waals surface area contributed by atoms with Gasteiger partial charge in [-0.05, 0) is 18.1 Å². The van der Waals surface area contributed by atoms with E-state index in [1.54, 1.807) is 12.1 Å². The summed E-state index contributed by atoms with van der Waals surface area (Å²) in [7, 11) is 0. The quantitative estimate of drug-likeness (QED) is 0.888. The summed E-state index contributed by atoms with van der Waals surface area (Å²) in [5.41, 5.74) is 0.999. The van der Waals surface area contributed by atoms with Gasteiger partial charge in [-0.25, -0.2) is 18.7 Å². The molecule has 1 spiro atoms. The number of rotatable bonds is 5. The zero-order valence-corrected chi connectivity index (χ0v) is 14.0. The third kappa shape index (κ3) is 3.01. The first-order chi connectivity index (χ1) is 12.6. The van der Waals surface area contributed by atoms with E-state index >= 15 is 0 Å². The van der Waals surface area contributed by atoms with E-state index in [-0.39, 0.29) is 17.0 Å². The standard InChI is InChI=1S/C18H18F2N4O2/c19-15(20)13-3-1-2-12(6-13)7-21-17-22-8-14(9-23-17)16(25)24-5-4-18(24)10-26-11-18/h1-3,6,8-9,15H,4-5,7,10-11H2,(H,21,22,23). The Balaban J connectivity index is 1.37. The second kappa shape index (κ2) is 6.60. The summed E-state index contributed by atoms with van der Waals surface area (Å²) in [5.74, 6) is 0.255. The molecule has 26 heavy (non-hydrogen) atoms. The fraction of sp³-hybridized carbons (Fsp3) is 0.389. The molecule has 2 aliphatic rings. The minimum atomic E-state index is -2.50. The number of halogens is 2. The molecule has 2 saturated heterocycles. The van der Waals surface area contributed by atoms with Gasteiger partial charge in [-0.15, -0.1) is 0 Å². The van der Waals surface area contributed by atoms with Gasteiger partial charge in [0.1, 0.15) is 0 Å². The highest BCUT2D eigenvalue weighted by Gasteiger charge is 2.53. The molecule has 0 unspecified atom stereocenters. The van der Waals surface area contributed by atoms with Crippen molar-refractivity contribution in [2.75, 3.05) is 25.1 Å². The Kier molecular flexibility index (Phi) is 4.28. The van der Waals surface area contributed by atoms with Crippen molar-refractivity contribution in [1.82, 2.24) is 14.9 Å². The molecule has 1 aromatic heterocycles. The first-order valence-corrected chi connectivity index (χ1v) is 8.40. The molecule has 0 bridgehead atoms. The smallest absolute Gasteiger partial charge is 0.263 e. The molecule has 1 aromatic carbocycles. The Labute approximate surface area is 149 Å². The van der Waals surface area contributed by atoms with Crippen LogP contribution in [0.15, 0.2) is 36.7 Å². The molecule has 8 heteroatoms. The number of anilines is 1. The predicted octanol–water partition coefficient (Wildman–Crippen LogP) is 2.64. The van der Waals surface area contributed by atoms with Crippen molar-refractivity contribution in [3.8, 4) is 0 Å². The van der Waals surface area contributed by atoms with Crippen LogP contribution in [-0.4, -0.2) is 46.1 Å². The summed E-state index contributed by atoms with van der Waals surface area (Å²) in [6.07, 6.45) is 1.44. The van der Waals surface area contributed by atoms with Gasteiger partial charge in [0.05, 0.1) is 24.3 Å². The maximum atomic E-state index is 12.7. The van der Waals surface area contributed by atoms with Crippen LogP contribution in [0, 0.1) is 0 Å². The van der Waals surface area contributed by atoms with Crippen molar-refractivity contribution >= 4 is 11.9 Å². The van der Waals surface area contributed by atoms with Gasteiger partial charge in [0, 0.05) is 31.0 Å². The van der Waals surface area contributed by atoms with E-state index in [1.807, 2.05) is 4.90 Å². The number of nitrogens with zero attached hydrogens (tertiary/aromatic N) is 3. The van der Waals surface area contributed by atoms with Crippen LogP contribution >= 0.6 is 0 Å². The number of amides is 1. The number of carbonyl (C=O) groups excluding carboxylic acids is 1. The third-order valence-corrected chi connectivity index (χ3v) is 4.91. The third-order valence-electron chi connectivity index (χ3n) is 4.91. The minimum absolute atomic E-state index is 0.0189. The highest BCUT2D eigenvalue weighted by atomic mass is 19.3. The van der Waals surface area contributed by atoms with Crippen LogP contribution < -0.4 is 5.32 Å². The molecule has 0 saturated carbocycles. The Morgan fingerprint density at radius 1 is 1.31 bits per heavy atom. The predicted molar refractivity (Wildman–Crippen MR) is 90.0 cm³/mol. The number of aromatic nitrogens is 2. The van der Waals surface area contributed by atoms with Gasteiger partial charge in [0.25, 0.3) is 12.3 Å². The lowest BCUT2D eigenvalue weighted by Crippen LogP contribution is -2.72. The number of ether oxygens (including phenoxy) is 1. The van der Waals surface area contributed by atoms with E-state index in [4.69, 9.17) is 4.74 Å². The molecule has 136 valence electrons. The fourth-order valence-corrected chi connectivity index (χ4v) is 3.20. The van der Waals surface area contributed by atoms with Gasteiger partial charge in [-0.1, -0.05) is 18.2 Å². The molecular weight excluding hydrogens is 342 g/mol. The minimum Gasteiger partial charge on any atom is -0.376 e. The van der Waals surface area contributed by atoms with Crippen LogP contribution in [0.4, 0.5) is 14.7 Å². The second-order valence-electron chi connectivity index (χ2n) is 6.62. The first-order valence-electron chi connectivity index (χ1n) is 8.40. The van der Waals surface area contributed by atoms with Gasteiger partial charge < -0.3 is 15.0 Å². The maximum Gasteiger partial charge on any atom is 0.263 e. The van der Waals surface area contributed by atoms with Gasteiger partial charge in [-0.2, -0.15) is 0 Å². The van der Waals surface area contributed by atoms with E-state index in [9.17, 15) is 13.6 Å². The van der Waals surface area contributed by atoms with Crippen LogP contribution in [0.25, 0.3) is 0 Å². The average Bonchev–Trinajstić information content (AvgIpc) is 2.58. The molecule has 4 rings (SSSR count). The lowest BCUT2D eigenvalue weighted by Gasteiger charge is -2.57. The lowest BCUT2D eigenvalue weighted by molar-refractivity contribution is -0.172. The number of hydrogen-bond acceptors (Lipinski definition) is 5. The maximum absolute atomic E-state index is 12.7. The van der Waals surface area contributed by atoms with E-state index in [0.29, 0.717) is 36.8 Å². The molecule has 1 amide bonds. The largest absolute Gasteiger partial charge is 0.376 e. The number of nitrogens with one attached hydrogen (secondary N) is 1. The summed E-state index contributed by atoms with van der Waals surface area (Å²) < 4.78 is 30.7. The zero-order chi connectivity index (χ0) is 18.1. The molecule has 0 aliphatic carbocycles. The molecule has 2 fully saturated rings. The van der Waals surface area contributed by atoms with E-state index in [0.717, 1.165) is 13.0 Å². The number of carbonyl (C=O) groups is 1. The van der Waals surface area contributed by atoms with Crippen LogP contribution in [-0.2, 0) is 11.3 Å². The van der Waals surface area contributed by atoms with E-state index in [1.165, 1.54) is 24.5 Å². The first kappa shape index (κ1) is 16.8. The number of hydrogen-bond donors (Lipinski definition) is 1. The molecule has 6 nitrogen and oxygen atoms in total. The second-order valence-corrected chi connectivity index (χ2v) is 6.62. The van der Waals surface area contributed by atoms with Gasteiger partial charge >= 0.3 is 0 Å². The Bertz CT molecular complexity index is 804. The normalized spacial score (nSPS) is 17.7. The van der Waals surface area contributed by atoms with Gasteiger partial charge in [0.2, 0.25) is 5.95 Å². The molecular formula is C18H18F2N4O2. The molecule has 0 radical (unpaired) electrons. The summed E-state index contributed by atoms with van der Waals surface area (Å²) >= 11 is 0. The van der Waals surface area contributed by atoms with Crippen molar-refractivity contribution in [3.05, 3.63) is 53.3 Å². The zero-order valence-electron chi connectivity index (χ0n) is 14.0. The summed E-state index contributed by atoms with van der Waals surface area (Å²) in [6.45, 7) is 2.23. The van der Waals surface area contributed by atoms with Gasteiger partial charge in [0.15, 0.2) is 0 Å². The summed E-state index contributed by atoms with van der Waals surface area (Å²) in [5, 5.41) is 2.98. The van der Waals surface area contributed by atoms with E-state index in [2.05, 4.69) is 15.3 Å². The van der Waals surface area contributed by atoms with Crippen molar-refractivity contribution in [2.24, 2.45) is 0 Å². The topological polar surface area (TPSA) is 67.4 Å². The SMILES string of the molecule is O=C(c1cnc(NCc2cccc(C(F)F)c2)nc1)N1CCC12COC2. The number of benzene rings is 1. The average molecular weight is 360 g/mol. The van der Waals surface area contributed by atoms with Crippen molar-refractivity contribution in [1.29, 1.82) is 0 Å². The van der Waals surface area contributed by atoms with Crippen LogP contribution in [0.1, 0.15) is 34.3 Å². The number of likely N-dealkylation sites (tertiary alicyclic amines) is 1. The fourth-order valence-electron chi connectivity index (χ4n) is 3.20. The number of alkyl halides is 2. The molecule has 2 aliphatic heterocycles. The van der Waals surface area contributed by atoms with Gasteiger partial charge in [-0.3, -0.25) is 4.79 Å². The van der Waals surface area contributed by atoms with E-state index < -0.39 is 6.43 Å². The molecule has 2 aromatic rings. The Morgan fingerprint density at radius 3 is 2.65 bits per heavy atom. The summed E-state index contributed by atoms with van der Waals surface area (Å²) in [6, 6.07) is 6.18. The van der Waals surface area contributed by atoms with Crippen molar-refractivity contribution in [2.45, 2.75) is 24.9 Å². The Hall–Kier alpha value is -2.61. The lowest BCUT2D eigenvalue weighted by atomic mass is 9.82. The van der Waals surface area contributed by atoms with Crippen molar-refractivity contribution in [3.63, 3.8) is 0 Å². The molecule has 0 atom stereocenters. The molecule has 3 heterocycles. The van der Waals surface area contributed by atoms with Crippen molar-refractivity contribution < 1.29 is 18.3 Å². The van der Waals surface area contributed by atoms with Crippen LogP contribution in [0.2, 0.25) is 0 Å². The molecule has 1 N–H and O–H groups in total. The summed E-state index contributed by atoms with van der Waals surface area (Å²) in [4.78, 5) is 22.7. The monoisotopic (exact) mass is 360 g/mol. The Morgan fingerprint density at radius 2 is 2.08 bits per heavy atom. The highest BCUT2D eigenvalue weighted by Crippen LogP contribution is 2.38.